The fourth-order valence-electron chi connectivity index (χ4n) is 1.98. The summed E-state index contributed by atoms with van der Waals surface area (Å²) in [5.41, 5.74) is 3.05. The molecule has 20 heavy (non-hydrogen) atoms. The molecule has 0 unspecified atom stereocenters. The van der Waals surface area contributed by atoms with Crippen molar-refractivity contribution in [3.8, 4) is 0 Å². The Morgan fingerprint density at radius 3 is 2.60 bits per heavy atom. The fourth-order valence-corrected chi connectivity index (χ4v) is 2.35. The lowest BCUT2D eigenvalue weighted by molar-refractivity contribution is 0.887. The van der Waals surface area contributed by atoms with Gasteiger partial charge < -0.3 is 10.6 Å². The van der Waals surface area contributed by atoms with Gasteiger partial charge in [-0.1, -0.05) is 17.7 Å². The molecule has 2 rings (SSSR count). The van der Waals surface area contributed by atoms with E-state index in [4.69, 9.17) is 11.6 Å². The van der Waals surface area contributed by atoms with Crippen LogP contribution >= 0.6 is 11.6 Å². The van der Waals surface area contributed by atoms with Gasteiger partial charge in [-0.15, -0.1) is 0 Å². The quantitative estimate of drug-likeness (QED) is 0.881. The van der Waals surface area contributed by atoms with Crippen molar-refractivity contribution >= 4 is 29.1 Å². The van der Waals surface area contributed by atoms with E-state index in [1.807, 2.05) is 26.0 Å². The third kappa shape index (κ3) is 3.61. The summed E-state index contributed by atoms with van der Waals surface area (Å²) in [5.74, 6) is 1.32. The average Bonchev–Trinajstić information content (AvgIpc) is 2.33. The van der Waals surface area contributed by atoms with E-state index in [9.17, 15) is 0 Å². The number of hydrogen-bond donors (Lipinski definition) is 2. The average molecular weight is 291 g/mol. The number of anilines is 3. The summed E-state index contributed by atoms with van der Waals surface area (Å²) < 4.78 is 0. The third-order valence-electron chi connectivity index (χ3n) is 2.76. The Bertz CT molecular complexity index is 588. The molecule has 0 aliphatic carbocycles. The van der Waals surface area contributed by atoms with Crippen molar-refractivity contribution in [2.75, 3.05) is 10.6 Å². The topological polar surface area (TPSA) is 49.8 Å². The molecule has 0 atom stereocenters. The molecule has 2 aromatic rings. The number of benzene rings is 1. The van der Waals surface area contributed by atoms with Crippen molar-refractivity contribution < 1.29 is 0 Å². The first kappa shape index (κ1) is 14.6. The fraction of sp³-hybridized carbons (Fsp3) is 0.333. The van der Waals surface area contributed by atoms with E-state index in [-0.39, 0.29) is 0 Å². The Kier molecular flexibility index (Phi) is 4.45. The Hall–Kier alpha value is -1.81. The second-order valence-electron chi connectivity index (χ2n) is 5.13. The Morgan fingerprint density at radius 2 is 1.95 bits per heavy atom. The summed E-state index contributed by atoms with van der Waals surface area (Å²) in [6.45, 7) is 8.16. The van der Waals surface area contributed by atoms with Crippen LogP contribution in [0.15, 0.2) is 24.4 Å². The van der Waals surface area contributed by atoms with Gasteiger partial charge in [0.05, 0.1) is 10.7 Å². The van der Waals surface area contributed by atoms with Gasteiger partial charge in [-0.25, -0.2) is 4.98 Å². The Labute approximate surface area is 124 Å². The summed E-state index contributed by atoms with van der Waals surface area (Å²) in [7, 11) is 0. The summed E-state index contributed by atoms with van der Waals surface area (Å²) in [6.07, 6.45) is 1.72. The van der Waals surface area contributed by atoms with Crippen LogP contribution in [0.5, 0.6) is 0 Å². The maximum Gasteiger partial charge on any atom is 0.229 e. The number of rotatable bonds is 4. The smallest absolute Gasteiger partial charge is 0.229 e. The lowest BCUT2D eigenvalue weighted by Gasteiger charge is -2.13. The maximum atomic E-state index is 6.28. The number of halogens is 1. The van der Waals surface area contributed by atoms with E-state index in [0.717, 1.165) is 22.6 Å². The highest BCUT2D eigenvalue weighted by atomic mass is 35.5. The van der Waals surface area contributed by atoms with Gasteiger partial charge in [0.1, 0.15) is 5.82 Å². The van der Waals surface area contributed by atoms with Gasteiger partial charge in [-0.3, -0.25) is 0 Å². The zero-order valence-electron chi connectivity index (χ0n) is 12.2. The minimum absolute atomic E-state index is 0.322. The Morgan fingerprint density at radius 1 is 1.20 bits per heavy atom. The van der Waals surface area contributed by atoms with Crippen LogP contribution in [-0.2, 0) is 0 Å². The van der Waals surface area contributed by atoms with E-state index >= 15 is 0 Å². The standard InChI is InChI=1S/C15H19ClN4/c1-9(2)18-13-5-6-17-15(19-13)20-14-11(4)7-10(3)8-12(14)16/h5-9H,1-4H3,(H2,17,18,19,20). The first-order chi connectivity index (χ1) is 9.45. The number of aryl methyl sites for hydroxylation is 2. The van der Waals surface area contributed by atoms with Gasteiger partial charge in [0, 0.05) is 12.2 Å². The highest BCUT2D eigenvalue weighted by molar-refractivity contribution is 6.33. The van der Waals surface area contributed by atoms with Crippen LogP contribution in [-0.4, -0.2) is 16.0 Å². The van der Waals surface area contributed by atoms with Crippen LogP contribution in [0.2, 0.25) is 5.02 Å². The van der Waals surface area contributed by atoms with Gasteiger partial charge in [-0.05, 0) is 51.0 Å². The monoisotopic (exact) mass is 290 g/mol. The number of hydrogen-bond acceptors (Lipinski definition) is 4. The van der Waals surface area contributed by atoms with E-state index in [1.54, 1.807) is 6.20 Å². The normalized spacial score (nSPS) is 10.7. The maximum absolute atomic E-state index is 6.28. The molecular weight excluding hydrogens is 272 g/mol. The molecule has 1 heterocycles. The molecule has 0 radical (unpaired) electrons. The molecular formula is C15H19ClN4. The highest BCUT2D eigenvalue weighted by Gasteiger charge is 2.08. The van der Waals surface area contributed by atoms with E-state index in [2.05, 4.69) is 40.5 Å². The second-order valence-corrected chi connectivity index (χ2v) is 5.54. The van der Waals surface area contributed by atoms with E-state index in [1.165, 1.54) is 0 Å². The molecule has 0 saturated heterocycles. The second kappa shape index (κ2) is 6.09. The molecule has 4 nitrogen and oxygen atoms in total. The van der Waals surface area contributed by atoms with E-state index in [0.29, 0.717) is 17.0 Å². The summed E-state index contributed by atoms with van der Waals surface area (Å²) >= 11 is 6.28. The van der Waals surface area contributed by atoms with Crippen LogP contribution < -0.4 is 10.6 Å². The van der Waals surface area contributed by atoms with Gasteiger partial charge in [-0.2, -0.15) is 4.98 Å². The predicted octanol–water partition coefficient (Wildman–Crippen LogP) is 4.31. The zero-order chi connectivity index (χ0) is 14.7. The van der Waals surface area contributed by atoms with Crippen molar-refractivity contribution in [1.29, 1.82) is 0 Å². The minimum Gasteiger partial charge on any atom is -0.368 e. The van der Waals surface area contributed by atoms with Gasteiger partial charge in [0.15, 0.2) is 0 Å². The van der Waals surface area contributed by atoms with Crippen molar-refractivity contribution in [3.63, 3.8) is 0 Å². The molecule has 5 heteroatoms. The molecule has 0 bridgehead atoms. The lowest BCUT2D eigenvalue weighted by Crippen LogP contribution is -2.12. The van der Waals surface area contributed by atoms with Gasteiger partial charge >= 0.3 is 0 Å². The SMILES string of the molecule is Cc1cc(C)c(Nc2nccc(NC(C)C)n2)c(Cl)c1. The minimum atomic E-state index is 0.322. The Balaban J connectivity index is 2.26. The van der Waals surface area contributed by atoms with Crippen LogP contribution in [0.25, 0.3) is 0 Å². The molecule has 1 aromatic heterocycles. The van der Waals surface area contributed by atoms with Gasteiger partial charge in [0.25, 0.3) is 0 Å². The first-order valence-electron chi connectivity index (χ1n) is 6.59. The molecule has 0 saturated carbocycles. The van der Waals surface area contributed by atoms with Crippen LogP contribution in [0.4, 0.5) is 17.5 Å². The lowest BCUT2D eigenvalue weighted by atomic mass is 10.1. The highest BCUT2D eigenvalue weighted by Crippen LogP contribution is 2.29. The molecule has 0 amide bonds. The van der Waals surface area contributed by atoms with Gasteiger partial charge in [0.2, 0.25) is 5.95 Å². The van der Waals surface area contributed by atoms with Crippen LogP contribution in [0.1, 0.15) is 25.0 Å². The van der Waals surface area contributed by atoms with E-state index < -0.39 is 0 Å². The number of nitrogens with one attached hydrogen (secondary N) is 2. The summed E-state index contributed by atoms with van der Waals surface area (Å²) in [5, 5.41) is 7.11. The largest absolute Gasteiger partial charge is 0.368 e. The summed E-state index contributed by atoms with van der Waals surface area (Å²) in [6, 6.07) is 6.16. The van der Waals surface area contributed by atoms with Crippen LogP contribution in [0.3, 0.4) is 0 Å². The molecule has 1 aromatic carbocycles. The van der Waals surface area contributed by atoms with Crippen molar-refractivity contribution in [1.82, 2.24) is 9.97 Å². The molecule has 0 aliphatic heterocycles. The predicted molar refractivity (Wildman–Crippen MR) is 85.0 cm³/mol. The first-order valence-corrected chi connectivity index (χ1v) is 6.97. The number of aromatic nitrogens is 2. The molecule has 0 aliphatic rings. The third-order valence-corrected chi connectivity index (χ3v) is 3.06. The summed E-state index contributed by atoms with van der Waals surface area (Å²) in [4.78, 5) is 8.65. The van der Waals surface area contributed by atoms with Crippen molar-refractivity contribution in [3.05, 3.63) is 40.5 Å². The van der Waals surface area contributed by atoms with Crippen molar-refractivity contribution in [2.24, 2.45) is 0 Å². The molecule has 0 spiro atoms. The van der Waals surface area contributed by atoms with Crippen molar-refractivity contribution in [2.45, 2.75) is 33.7 Å². The van der Waals surface area contributed by atoms with Crippen LogP contribution in [0, 0.1) is 13.8 Å². The molecule has 0 fully saturated rings. The zero-order valence-corrected chi connectivity index (χ0v) is 12.9. The molecule has 106 valence electrons. The molecule has 2 N–H and O–H groups in total. The number of nitrogens with zero attached hydrogens (tertiary/aromatic N) is 2.